The number of fused-ring (bicyclic) bond motifs is 2. The minimum Gasteiger partial charge on any atom is -0.485 e. The number of nitrogens with one attached hydrogen (secondary N) is 8. The maximum absolute atomic E-state index is 15.6. The van der Waals surface area contributed by atoms with Gasteiger partial charge in [0.2, 0.25) is 47.3 Å². The molecule has 0 spiro atoms. The third kappa shape index (κ3) is 19.2. The predicted molar refractivity (Wildman–Crippen MR) is 411 cm³/mol. The molecule has 8 aliphatic rings. The Labute approximate surface area is 642 Å². The van der Waals surface area contributed by atoms with Crippen LogP contribution in [-0.2, 0) is 73.6 Å². The zero-order chi connectivity index (χ0) is 79.8. The van der Waals surface area contributed by atoms with Gasteiger partial charge in [-0.25, -0.2) is 9.59 Å². The molecule has 10 N–H and O–H groups in total. The van der Waals surface area contributed by atoms with Crippen molar-refractivity contribution >= 4 is 92.2 Å². The number of amides is 8. The second kappa shape index (κ2) is 33.9. The maximum Gasteiger partial charge on any atom is 0.326 e. The van der Waals surface area contributed by atoms with Crippen LogP contribution in [0.2, 0.25) is 0 Å². The Morgan fingerprint density at radius 1 is 0.550 bits per heavy atom. The molecule has 0 radical (unpaired) electrons. The molecule has 0 saturated carbocycles. The maximum atomic E-state index is 15.6. The average molecular weight is 1520 g/mol. The molecule has 2 fully saturated rings. The summed E-state index contributed by atoms with van der Waals surface area (Å²) in [5.41, 5.74) is 0.0993. The molecule has 8 aliphatic heterocycles. The van der Waals surface area contributed by atoms with Crippen LogP contribution in [0.15, 0.2) is 178 Å². The Bertz CT molecular complexity index is 4830. The molecule has 6 aromatic rings. The van der Waals surface area contributed by atoms with E-state index in [2.05, 4.69) is 63.2 Å². The van der Waals surface area contributed by atoms with E-state index in [0.29, 0.717) is 56.6 Å². The third-order valence-electron chi connectivity index (χ3n) is 20.7. The van der Waals surface area contributed by atoms with Gasteiger partial charge in [-0.05, 0) is 114 Å². The summed E-state index contributed by atoms with van der Waals surface area (Å²) in [7, 11) is 3.21. The van der Waals surface area contributed by atoms with Gasteiger partial charge < -0.3 is 72.0 Å². The monoisotopic (exact) mass is 1520 g/mol. The van der Waals surface area contributed by atoms with E-state index in [1.54, 1.807) is 137 Å². The zero-order valence-electron chi connectivity index (χ0n) is 64.0. The predicted octanol–water partition coefficient (Wildman–Crippen LogP) is 5.36. The van der Waals surface area contributed by atoms with Crippen LogP contribution in [0.25, 0.3) is 21.5 Å². The average Bonchev–Trinajstić information content (AvgIpc) is 1.61. The topological polar surface area (TPSA) is 388 Å². The number of benzene rings is 6. The van der Waals surface area contributed by atoms with Crippen molar-refractivity contribution in [2.75, 3.05) is 40.4 Å². The molecular weight excluding hydrogens is 1420 g/mol. The lowest BCUT2D eigenvalue weighted by atomic mass is 9.84. The van der Waals surface area contributed by atoms with E-state index in [-0.39, 0.29) is 64.8 Å². The van der Waals surface area contributed by atoms with E-state index < -0.39 is 130 Å². The molecule has 582 valence electrons. The number of hydrogen-bond donors (Lipinski definition) is 10. The Morgan fingerprint density at radius 2 is 0.982 bits per heavy atom. The van der Waals surface area contributed by atoms with Crippen molar-refractivity contribution in [1.82, 2.24) is 52.3 Å². The van der Waals surface area contributed by atoms with Gasteiger partial charge >= 0.3 is 11.9 Å². The van der Waals surface area contributed by atoms with E-state index in [4.69, 9.17) is 9.47 Å². The Morgan fingerprint density at radius 3 is 1.42 bits per heavy atom. The van der Waals surface area contributed by atoms with Crippen molar-refractivity contribution in [2.45, 2.75) is 161 Å². The molecule has 0 aliphatic carbocycles. The molecule has 2 saturated heterocycles. The van der Waals surface area contributed by atoms with Gasteiger partial charge in [0.1, 0.15) is 81.2 Å². The number of hydrogen-bond acceptors (Lipinski definition) is 18. The van der Waals surface area contributed by atoms with Crippen molar-refractivity contribution in [1.29, 1.82) is 0 Å². The second-order valence-corrected chi connectivity index (χ2v) is 31.1. The molecule has 12 bridgehead atoms. The molecule has 14 rings (SSSR count). The summed E-state index contributed by atoms with van der Waals surface area (Å²) in [4.78, 5) is 148. The summed E-state index contributed by atoms with van der Waals surface area (Å²) >= 11 is 0. The van der Waals surface area contributed by atoms with Crippen molar-refractivity contribution in [3.63, 3.8) is 0 Å². The molecule has 6 aromatic carbocycles. The van der Waals surface area contributed by atoms with Crippen LogP contribution in [0, 0.1) is 10.8 Å². The van der Waals surface area contributed by atoms with Gasteiger partial charge in [0.25, 0.3) is 11.4 Å². The zero-order valence-corrected chi connectivity index (χ0v) is 64.0. The number of rotatable bonds is 14. The summed E-state index contributed by atoms with van der Waals surface area (Å²) in [6.45, 7) is 14.8. The molecule has 111 heavy (non-hydrogen) atoms. The smallest absolute Gasteiger partial charge is 0.326 e. The summed E-state index contributed by atoms with van der Waals surface area (Å²) < 4.78 is 15.2. The van der Waals surface area contributed by atoms with Crippen molar-refractivity contribution in [2.24, 2.45) is 31.5 Å². The normalized spacial score (nSPS) is 23.3. The summed E-state index contributed by atoms with van der Waals surface area (Å²) in [5, 5.41) is 65.5. The number of carboxylic acid groups (broad SMARTS) is 2. The van der Waals surface area contributed by atoms with Gasteiger partial charge in [-0.15, -0.1) is 9.37 Å². The lowest BCUT2D eigenvalue weighted by Crippen LogP contribution is -2.64. The van der Waals surface area contributed by atoms with Crippen molar-refractivity contribution < 1.29 is 77.0 Å². The van der Waals surface area contributed by atoms with Crippen LogP contribution in [0.4, 0.5) is 0 Å². The van der Waals surface area contributed by atoms with E-state index >= 15 is 24.0 Å². The first-order valence-electron chi connectivity index (χ1n) is 36.9. The molecule has 10 atom stereocenters. The minimum absolute atomic E-state index is 0.109. The molecule has 0 aromatic heterocycles. The van der Waals surface area contributed by atoms with E-state index in [9.17, 15) is 34.2 Å². The number of ether oxygens (including phenoxy) is 2. The number of carboxylic acids is 2. The number of likely N-dealkylation sites (tertiary alicyclic amines) is 2. The largest absolute Gasteiger partial charge is 0.485 e. The second-order valence-electron chi connectivity index (χ2n) is 31.1. The van der Waals surface area contributed by atoms with Crippen molar-refractivity contribution in [3.8, 4) is 11.5 Å². The van der Waals surface area contributed by atoms with Gasteiger partial charge in [-0.3, -0.25) is 38.4 Å². The number of likely N-dealkylation sites (N-methyl/N-ethyl adjacent to an activating group) is 2. The van der Waals surface area contributed by atoms with E-state index in [0.717, 1.165) is 21.5 Å². The summed E-state index contributed by atoms with van der Waals surface area (Å²) in [6, 6.07) is 28.3. The highest BCUT2D eigenvalue weighted by Gasteiger charge is 2.55. The highest BCUT2D eigenvalue weighted by atomic mass is 16.5. The highest BCUT2D eigenvalue weighted by molar-refractivity contribution is 6.06. The highest BCUT2D eigenvalue weighted by Crippen LogP contribution is 2.35. The van der Waals surface area contributed by atoms with Gasteiger partial charge in [-0.1, -0.05) is 151 Å². The fourth-order valence-electron chi connectivity index (χ4n) is 13.8. The number of carbonyl (C=O) groups is 10. The third-order valence-corrected chi connectivity index (χ3v) is 20.7. The van der Waals surface area contributed by atoms with Gasteiger partial charge in [0, 0.05) is 38.5 Å². The SMILES string of the molecule is CNC(C)C(=O)NC(C(=O)N1C/C2=[N+]3\C=C(COc4ccc(cc4)CC(C(=O)O)NC(=O)C(Cc4ccc5ccccc5c4)NC(=O)C4(C)C/C(=[N+]5/C=C(COc6ccc(cc6)CC(C(=O)O)NC(=O)C(Cc6ccc7ccccc7c6)NC(=O)C1C2)N=N5)CN4C(=O)C(NC(=O)C(C)NC)C(C)(C)C)N=N3)C(C)(C)C. The summed E-state index contributed by atoms with van der Waals surface area (Å²) in [5.74, 6) is -7.42. The molecule has 10 unspecified atom stereocenters. The lowest BCUT2D eigenvalue weighted by molar-refractivity contribution is -0.466. The number of aliphatic carboxylic acids is 2. The fourth-order valence-corrected chi connectivity index (χ4v) is 13.8. The van der Waals surface area contributed by atoms with Crippen molar-refractivity contribution in [3.05, 3.63) is 180 Å². The minimum atomic E-state index is -1.80. The van der Waals surface area contributed by atoms with Crippen LogP contribution in [0.1, 0.15) is 97.4 Å². The van der Waals surface area contributed by atoms with E-state index in [1.807, 2.05) is 84.9 Å². The molecular formula is C81H96N16O14+2. The standard InChI is InChI=1S/C81H94N16O14/c1-46(82-10)69(98)88-67(79(3,4)5)74(103)94-42-58-38-66(94)73(102)84-62(36-50-20-26-52-16-12-14-18-54(52)32-50)71(100)85-64(76(105)106)34-48-22-30-61(31-23-48)111-45-57-41-97(93-91-57)59-39-81(9,95(43-59)75(104)68(80(6,7)8)89-70(99)47(2)83-11)78(109)87-63(37-51-21-27-53-17-13-15-19-55(53)33-51)72(101)86-65(77(107)108)35-49-24-28-60(29-25-49)110-44-56-40-96(58)92-90-56/h12-33,40-41,46-47,62-68,82-83H,34-39,42-45H2,1-11H3,(H6-2,84,85,86,87,88,89,98,99,100,101,102,105,106,107,108,109)/p+2/b96-58+,97-59+. The first kappa shape index (κ1) is 80.1. The van der Waals surface area contributed by atoms with Crippen LogP contribution >= 0.6 is 0 Å². The Hall–Kier alpha value is -11.9. The van der Waals surface area contributed by atoms with Crippen LogP contribution in [0.5, 0.6) is 11.5 Å². The molecule has 8 amide bonds. The molecule has 30 nitrogen and oxygen atoms in total. The van der Waals surface area contributed by atoms with Gasteiger partial charge in [-0.2, -0.15) is 0 Å². The Balaban J connectivity index is 0.942. The van der Waals surface area contributed by atoms with E-state index in [1.165, 1.54) is 19.2 Å². The first-order valence-corrected chi connectivity index (χ1v) is 36.9. The van der Waals surface area contributed by atoms with Crippen LogP contribution in [-0.4, -0.2) is 200 Å². The lowest BCUT2D eigenvalue weighted by Gasteiger charge is -2.40. The molecule has 30 heteroatoms. The van der Waals surface area contributed by atoms with Gasteiger partial charge in [0.15, 0.2) is 25.6 Å². The fraction of sp³-hybridized carbons (Fsp3) is 0.407. The number of carbonyl (C=O) groups excluding carboxylic acids is 8. The molecule has 8 heterocycles. The van der Waals surface area contributed by atoms with Crippen LogP contribution in [0.3, 0.4) is 0 Å². The first-order chi connectivity index (χ1) is 52.7. The van der Waals surface area contributed by atoms with Crippen LogP contribution < -0.4 is 52.0 Å². The quantitative estimate of drug-likeness (QED) is 0.0613. The van der Waals surface area contributed by atoms with Gasteiger partial charge in [0.05, 0.1) is 35.4 Å². The summed E-state index contributed by atoms with van der Waals surface area (Å²) in [6.07, 6.45) is 2.20. The number of nitrogens with zero attached hydrogens (tertiary/aromatic N) is 8. The Kier molecular flexibility index (Phi) is 24.5.